The van der Waals surface area contributed by atoms with Gasteiger partial charge in [-0.1, -0.05) is 42.1 Å². The van der Waals surface area contributed by atoms with Gasteiger partial charge in [-0.3, -0.25) is 0 Å². The summed E-state index contributed by atoms with van der Waals surface area (Å²) in [6.45, 7) is 2.16. The van der Waals surface area contributed by atoms with E-state index in [0.717, 1.165) is 21.7 Å². The van der Waals surface area contributed by atoms with Gasteiger partial charge in [0.2, 0.25) is 0 Å². The van der Waals surface area contributed by atoms with Crippen molar-refractivity contribution in [2.75, 3.05) is 5.32 Å². The van der Waals surface area contributed by atoms with Crippen LogP contribution in [0.5, 0.6) is 0 Å². The molecular weight excluding hydrogens is 320 g/mol. The van der Waals surface area contributed by atoms with Gasteiger partial charge in [0.25, 0.3) is 0 Å². The number of rotatable bonds is 3. The maximum atomic E-state index is 5.42. The summed E-state index contributed by atoms with van der Waals surface area (Å²) >= 11 is 8.93. The minimum absolute atomic E-state index is 0.550. The first-order valence-electron chi connectivity index (χ1n) is 7.05. The van der Waals surface area contributed by atoms with Crippen LogP contribution in [0.25, 0.3) is 0 Å². The molecule has 19 heavy (non-hydrogen) atoms. The lowest BCUT2D eigenvalue weighted by Crippen LogP contribution is -2.39. The zero-order valence-corrected chi connectivity index (χ0v) is 13.7. The summed E-state index contributed by atoms with van der Waals surface area (Å²) in [6.07, 6.45) is 7.47. The molecule has 2 nitrogen and oxygen atoms in total. The second kappa shape index (κ2) is 7.25. The van der Waals surface area contributed by atoms with Gasteiger partial charge in [0.1, 0.15) is 0 Å². The first-order chi connectivity index (χ1) is 9.19. The zero-order chi connectivity index (χ0) is 13.7. The van der Waals surface area contributed by atoms with Crippen LogP contribution in [0.3, 0.4) is 0 Å². The van der Waals surface area contributed by atoms with Crippen molar-refractivity contribution in [3.05, 3.63) is 28.2 Å². The Balaban J connectivity index is 1.94. The van der Waals surface area contributed by atoms with Crippen LogP contribution in [0.1, 0.15) is 44.6 Å². The van der Waals surface area contributed by atoms with E-state index in [0.29, 0.717) is 6.04 Å². The monoisotopic (exact) mass is 340 g/mol. The molecule has 1 aromatic carbocycles. The molecule has 104 valence electrons. The van der Waals surface area contributed by atoms with Gasteiger partial charge in [0, 0.05) is 16.2 Å². The Morgan fingerprint density at radius 2 is 2.05 bits per heavy atom. The minimum Gasteiger partial charge on any atom is -0.360 e. The van der Waals surface area contributed by atoms with E-state index < -0.39 is 0 Å². The Labute approximate surface area is 129 Å². The van der Waals surface area contributed by atoms with Gasteiger partial charge < -0.3 is 10.6 Å². The Morgan fingerprint density at radius 1 is 1.32 bits per heavy atom. The second-order valence-corrected chi connectivity index (χ2v) is 6.41. The fraction of sp³-hybridized carbons (Fsp3) is 0.533. The highest BCUT2D eigenvalue weighted by Crippen LogP contribution is 2.22. The molecule has 1 saturated carbocycles. The van der Waals surface area contributed by atoms with Crippen LogP contribution in [0, 0.1) is 0 Å². The van der Waals surface area contributed by atoms with Gasteiger partial charge in [-0.15, -0.1) is 0 Å². The predicted molar refractivity (Wildman–Crippen MR) is 89.7 cm³/mol. The summed E-state index contributed by atoms with van der Waals surface area (Å²) in [7, 11) is 0. The van der Waals surface area contributed by atoms with Crippen molar-refractivity contribution in [2.24, 2.45) is 0 Å². The molecule has 0 radical (unpaired) electrons. The van der Waals surface area contributed by atoms with Crippen LogP contribution in [-0.2, 0) is 6.42 Å². The predicted octanol–water partition coefficient (Wildman–Crippen LogP) is 4.63. The van der Waals surface area contributed by atoms with Gasteiger partial charge in [0.15, 0.2) is 5.11 Å². The molecule has 0 aliphatic heterocycles. The second-order valence-electron chi connectivity index (χ2n) is 5.09. The summed E-state index contributed by atoms with van der Waals surface area (Å²) in [4.78, 5) is 0. The van der Waals surface area contributed by atoms with E-state index in [1.54, 1.807) is 0 Å². The first kappa shape index (κ1) is 14.8. The summed E-state index contributed by atoms with van der Waals surface area (Å²) in [6, 6.07) is 6.82. The van der Waals surface area contributed by atoms with Gasteiger partial charge in [-0.25, -0.2) is 0 Å². The SMILES string of the molecule is CCc1cc(Br)ccc1NC(=S)NC1CCCCC1. The molecule has 4 heteroatoms. The topological polar surface area (TPSA) is 24.1 Å². The lowest BCUT2D eigenvalue weighted by Gasteiger charge is -2.24. The van der Waals surface area contributed by atoms with E-state index >= 15 is 0 Å². The van der Waals surface area contributed by atoms with Crippen LogP contribution in [0.4, 0.5) is 5.69 Å². The summed E-state index contributed by atoms with van der Waals surface area (Å²) in [5.74, 6) is 0. The van der Waals surface area contributed by atoms with Crippen LogP contribution in [0.2, 0.25) is 0 Å². The summed E-state index contributed by atoms with van der Waals surface area (Å²) in [5.41, 5.74) is 2.39. The fourth-order valence-corrected chi connectivity index (χ4v) is 3.25. The summed E-state index contributed by atoms with van der Waals surface area (Å²) in [5, 5.41) is 7.53. The third-order valence-corrected chi connectivity index (χ3v) is 4.35. The molecule has 1 aliphatic carbocycles. The Kier molecular flexibility index (Phi) is 5.64. The zero-order valence-electron chi connectivity index (χ0n) is 11.3. The number of hydrogen-bond donors (Lipinski definition) is 2. The molecule has 1 aliphatic rings. The number of nitrogens with one attached hydrogen (secondary N) is 2. The van der Waals surface area contributed by atoms with E-state index in [2.05, 4.69) is 45.6 Å². The van der Waals surface area contributed by atoms with E-state index in [-0.39, 0.29) is 0 Å². The number of halogens is 1. The van der Waals surface area contributed by atoms with Crippen molar-refractivity contribution in [1.29, 1.82) is 0 Å². The molecular formula is C15H21BrN2S. The van der Waals surface area contributed by atoms with Crippen LogP contribution >= 0.6 is 28.1 Å². The Hall–Kier alpha value is -0.610. The van der Waals surface area contributed by atoms with Crippen molar-refractivity contribution >= 4 is 38.9 Å². The first-order valence-corrected chi connectivity index (χ1v) is 8.25. The van der Waals surface area contributed by atoms with Crippen molar-refractivity contribution in [3.63, 3.8) is 0 Å². The molecule has 1 fully saturated rings. The van der Waals surface area contributed by atoms with Crippen molar-refractivity contribution in [2.45, 2.75) is 51.5 Å². The Bertz CT molecular complexity index is 442. The molecule has 0 bridgehead atoms. The smallest absolute Gasteiger partial charge is 0.171 e. The van der Waals surface area contributed by atoms with Gasteiger partial charge in [-0.2, -0.15) is 0 Å². The molecule has 0 amide bonds. The maximum absolute atomic E-state index is 5.42. The molecule has 0 spiro atoms. The van der Waals surface area contributed by atoms with E-state index in [4.69, 9.17) is 12.2 Å². The minimum atomic E-state index is 0.550. The highest BCUT2D eigenvalue weighted by molar-refractivity contribution is 9.10. The molecule has 2 N–H and O–H groups in total. The highest BCUT2D eigenvalue weighted by atomic mass is 79.9. The quantitative estimate of drug-likeness (QED) is 0.784. The third-order valence-electron chi connectivity index (χ3n) is 3.64. The molecule has 1 aromatic rings. The van der Waals surface area contributed by atoms with Crippen LogP contribution < -0.4 is 10.6 Å². The van der Waals surface area contributed by atoms with Gasteiger partial charge in [0.05, 0.1) is 0 Å². The molecule has 0 unspecified atom stereocenters. The van der Waals surface area contributed by atoms with E-state index in [1.165, 1.54) is 37.7 Å². The van der Waals surface area contributed by atoms with Gasteiger partial charge >= 0.3 is 0 Å². The lowest BCUT2D eigenvalue weighted by molar-refractivity contribution is 0.415. The molecule has 2 rings (SSSR count). The molecule has 0 saturated heterocycles. The average molecular weight is 341 g/mol. The number of hydrogen-bond acceptors (Lipinski definition) is 1. The van der Waals surface area contributed by atoms with Crippen molar-refractivity contribution in [3.8, 4) is 0 Å². The lowest BCUT2D eigenvalue weighted by atomic mass is 9.96. The van der Waals surface area contributed by atoms with E-state index in [1.807, 2.05) is 6.07 Å². The average Bonchev–Trinajstić information content (AvgIpc) is 2.42. The number of aryl methyl sites for hydroxylation is 1. The Morgan fingerprint density at radius 3 is 2.74 bits per heavy atom. The fourth-order valence-electron chi connectivity index (χ4n) is 2.57. The third kappa shape index (κ3) is 4.46. The highest BCUT2D eigenvalue weighted by Gasteiger charge is 2.14. The maximum Gasteiger partial charge on any atom is 0.171 e. The number of thiocarbonyl (C=S) groups is 1. The molecule has 0 atom stereocenters. The van der Waals surface area contributed by atoms with Gasteiger partial charge in [-0.05, 0) is 55.2 Å². The standard InChI is InChI=1S/C15H21BrN2S/c1-2-11-10-12(16)8-9-14(11)18-15(19)17-13-6-4-3-5-7-13/h8-10,13H,2-7H2,1H3,(H2,17,18,19). The molecule has 0 aromatic heterocycles. The van der Waals surface area contributed by atoms with Crippen molar-refractivity contribution in [1.82, 2.24) is 5.32 Å². The van der Waals surface area contributed by atoms with Crippen LogP contribution in [0.15, 0.2) is 22.7 Å². The molecule has 0 heterocycles. The van der Waals surface area contributed by atoms with Crippen molar-refractivity contribution < 1.29 is 0 Å². The van der Waals surface area contributed by atoms with Crippen LogP contribution in [-0.4, -0.2) is 11.2 Å². The normalized spacial score (nSPS) is 16.1. The summed E-state index contributed by atoms with van der Waals surface area (Å²) < 4.78 is 1.11. The number of anilines is 1. The largest absolute Gasteiger partial charge is 0.360 e. The van der Waals surface area contributed by atoms with E-state index in [9.17, 15) is 0 Å². The number of benzene rings is 1.